The fourth-order valence-corrected chi connectivity index (χ4v) is 3.08. The van der Waals surface area contributed by atoms with Crippen LogP contribution >= 0.6 is 11.3 Å². The summed E-state index contributed by atoms with van der Waals surface area (Å²) in [6, 6.07) is 7.90. The SMILES string of the molecule is COc1cc2nc(NC(=O)c3ccc(C)c(F)c3)sc2cc1OC. The molecule has 24 heavy (non-hydrogen) atoms. The number of nitrogens with zero attached hydrogens (tertiary/aromatic N) is 1. The van der Waals surface area contributed by atoms with Crippen molar-refractivity contribution in [3.8, 4) is 11.5 Å². The van der Waals surface area contributed by atoms with Gasteiger partial charge in [-0.25, -0.2) is 9.37 Å². The molecule has 1 amide bonds. The summed E-state index contributed by atoms with van der Waals surface area (Å²) in [5.41, 5.74) is 1.42. The van der Waals surface area contributed by atoms with Crippen LogP contribution in [-0.4, -0.2) is 25.1 Å². The van der Waals surface area contributed by atoms with Gasteiger partial charge in [-0.2, -0.15) is 0 Å². The van der Waals surface area contributed by atoms with Crippen molar-refractivity contribution in [1.29, 1.82) is 0 Å². The van der Waals surface area contributed by atoms with Crippen molar-refractivity contribution in [2.45, 2.75) is 6.92 Å². The highest BCUT2D eigenvalue weighted by Gasteiger charge is 2.14. The monoisotopic (exact) mass is 346 g/mol. The molecule has 0 bridgehead atoms. The Bertz CT molecular complexity index is 883. The van der Waals surface area contributed by atoms with E-state index in [4.69, 9.17) is 9.47 Å². The Labute approximate surface area is 142 Å². The van der Waals surface area contributed by atoms with Gasteiger partial charge in [-0.3, -0.25) is 10.1 Å². The van der Waals surface area contributed by atoms with Crippen LogP contribution in [0.3, 0.4) is 0 Å². The lowest BCUT2D eigenvalue weighted by Crippen LogP contribution is -2.12. The van der Waals surface area contributed by atoms with Crippen molar-refractivity contribution in [2.75, 3.05) is 19.5 Å². The molecule has 124 valence electrons. The third-order valence-corrected chi connectivity index (χ3v) is 4.48. The third-order valence-electron chi connectivity index (χ3n) is 3.55. The fraction of sp³-hybridized carbons (Fsp3) is 0.176. The molecule has 1 heterocycles. The molecule has 1 aromatic heterocycles. The molecular formula is C17H15FN2O3S. The molecule has 0 spiro atoms. The summed E-state index contributed by atoms with van der Waals surface area (Å²) in [7, 11) is 3.10. The Kier molecular flexibility index (Phi) is 4.35. The van der Waals surface area contributed by atoms with Crippen LogP contribution < -0.4 is 14.8 Å². The van der Waals surface area contributed by atoms with Crippen molar-refractivity contribution in [1.82, 2.24) is 4.98 Å². The van der Waals surface area contributed by atoms with Crippen LogP contribution in [0.1, 0.15) is 15.9 Å². The van der Waals surface area contributed by atoms with Gasteiger partial charge >= 0.3 is 0 Å². The summed E-state index contributed by atoms with van der Waals surface area (Å²) in [6.07, 6.45) is 0. The summed E-state index contributed by atoms with van der Waals surface area (Å²) in [4.78, 5) is 16.6. The topological polar surface area (TPSA) is 60.5 Å². The normalized spacial score (nSPS) is 10.7. The van der Waals surface area contributed by atoms with Crippen LogP contribution in [0.25, 0.3) is 10.2 Å². The maximum absolute atomic E-state index is 13.6. The molecule has 2 aromatic carbocycles. The lowest BCUT2D eigenvalue weighted by Gasteiger charge is -2.05. The van der Waals surface area contributed by atoms with Gasteiger partial charge in [0, 0.05) is 17.7 Å². The van der Waals surface area contributed by atoms with Crippen LogP contribution in [0, 0.1) is 12.7 Å². The zero-order valence-corrected chi connectivity index (χ0v) is 14.2. The predicted octanol–water partition coefficient (Wildman–Crippen LogP) is 4.01. The van der Waals surface area contributed by atoms with Crippen molar-refractivity contribution in [2.24, 2.45) is 0 Å². The minimum absolute atomic E-state index is 0.243. The number of hydrogen-bond acceptors (Lipinski definition) is 5. The lowest BCUT2D eigenvalue weighted by atomic mass is 10.1. The van der Waals surface area contributed by atoms with Gasteiger partial charge in [-0.15, -0.1) is 0 Å². The Morgan fingerprint density at radius 2 is 1.88 bits per heavy atom. The number of thiazole rings is 1. The summed E-state index contributed by atoms with van der Waals surface area (Å²) >= 11 is 1.30. The first-order valence-corrected chi connectivity index (χ1v) is 7.93. The number of anilines is 1. The molecule has 0 aliphatic carbocycles. The zero-order chi connectivity index (χ0) is 17.3. The molecule has 7 heteroatoms. The maximum atomic E-state index is 13.6. The largest absolute Gasteiger partial charge is 0.493 e. The Morgan fingerprint density at radius 1 is 1.17 bits per heavy atom. The van der Waals surface area contributed by atoms with Gasteiger partial charge in [0.25, 0.3) is 5.91 Å². The molecule has 0 aliphatic heterocycles. The van der Waals surface area contributed by atoms with Crippen molar-refractivity contribution in [3.05, 3.63) is 47.3 Å². The number of fused-ring (bicyclic) bond motifs is 1. The van der Waals surface area contributed by atoms with E-state index in [1.54, 1.807) is 45.4 Å². The fourth-order valence-electron chi connectivity index (χ4n) is 2.21. The van der Waals surface area contributed by atoms with E-state index < -0.39 is 11.7 Å². The highest BCUT2D eigenvalue weighted by atomic mass is 32.1. The zero-order valence-electron chi connectivity index (χ0n) is 13.3. The van der Waals surface area contributed by atoms with Crippen LogP contribution in [0.15, 0.2) is 30.3 Å². The number of halogens is 1. The van der Waals surface area contributed by atoms with Gasteiger partial charge in [0.2, 0.25) is 0 Å². The highest BCUT2D eigenvalue weighted by Crippen LogP contribution is 2.36. The smallest absolute Gasteiger partial charge is 0.257 e. The van der Waals surface area contributed by atoms with Gasteiger partial charge in [0.05, 0.1) is 24.4 Å². The van der Waals surface area contributed by atoms with E-state index in [9.17, 15) is 9.18 Å². The minimum Gasteiger partial charge on any atom is -0.493 e. The number of methoxy groups -OCH3 is 2. The van der Waals surface area contributed by atoms with Crippen molar-refractivity contribution >= 4 is 32.6 Å². The number of carbonyl (C=O) groups is 1. The van der Waals surface area contributed by atoms with Gasteiger partial charge in [0.15, 0.2) is 16.6 Å². The van der Waals surface area contributed by atoms with Crippen LogP contribution in [0.2, 0.25) is 0 Å². The third kappa shape index (κ3) is 3.03. The number of rotatable bonds is 4. The first-order valence-electron chi connectivity index (χ1n) is 7.12. The molecule has 3 rings (SSSR count). The molecule has 0 saturated carbocycles. The second kappa shape index (κ2) is 6.45. The average Bonchev–Trinajstić information content (AvgIpc) is 2.96. The van der Waals surface area contributed by atoms with Crippen molar-refractivity contribution < 1.29 is 18.7 Å². The maximum Gasteiger partial charge on any atom is 0.257 e. The summed E-state index contributed by atoms with van der Waals surface area (Å²) in [6.45, 7) is 1.64. The van der Waals surface area contributed by atoms with E-state index in [0.29, 0.717) is 27.7 Å². The standard InChI is InChI=1S/C17H15FN2O3S/c1-9-4-5-10(6-11(9)18)16(21)20-17-19-12-7-13(22-2)14(23-3)8-15(12)24-17/h4-8H,1-3H3,(H,19,20,21). The quantitative estimate of drug-likeness (QED) is 0.775. The molecule has 0 saturated heterocycles. The van der Waals surface area contributed by atoms with E-state index in [1.807, 2.05) is 0 Å². The molecule has 0 radical (unpaired) electrons. The first-order chi connectivity index (χ1) is 11.5. The van der Waals surface area contributed by atoms with E-state index in [2.05, 4.69) is 10.3 Å². The molecule has 3 aromatic rings. The van der Waals surface area contributed by atoms with Gasteiger partial charge in [-0.05, 0) is 24.6 Å². The number of ether oxygens (including phenoxy) is 2. The Hall–Kier alpha value is -2.67. The molecule has 0 aliphatic rings. The van der Waals surface area contributed by atoms with Crippen LogP contribution in [-0.2, 0) is 0 Å². The number of hydrogen-bond donors (Lipinski definition) is 1. The van der Waals surface area contributed by atoms with E-state index >= 15 is 0 Å². The Morgan fingerprint density at radius 3 is 2.54 bits per heavy atom. The number of aromatic nitrogens is 1. The van der Waals surface area contributed by atoms with Gasteiger partial charge in [0.1, 0.15) is 5.82 Å². The summed E-state index contributed by atoms with van der Waals surface area (Å²) < 4.78 is 24.9. The molecular weight excluding hydrogens is 331 g/mol. The van der Waals surface area contributed by atoms with Crippen molar-refractivity contribution in [3.63, 3.8) is 0 Å². The number of benzene rings is 2. The molecule has 1 N–H and O–H groups in total. The lowest BCUT2D eigenvalue weighted by molar-refractivity contribution is 0.102. The molecule has 0 fully saturated rings. The predicted molar refractivity (Wildman–Crippen MR) is 91.8 cm³/mol. The second-order valence-electron chi connectivity index (χ2n) is 5.11. The Balaban J connectivity index is 1.89. The highest BCUT2D eigenvalue weighted by molar-refractivity contribution is 7.22. The minimum atomic E-state index is -0.415. The second-order valence-corrected chi connectivity index (χ2v) is 6.14. The van der Waals surface area contributed by atoms with Crippen LogP contribution in [0.5, 0.6) is 11.5 Å². The van der Waals surface area contributed by atoms with Gasteiger partial charge in [-0.1, -0.05) is 17.4 Å². The molecule has 0 unspecified atom stereocenters. The summed E-state index contributed by atoms with van der Waals surface area (Å²) in [5, 5.41) is 3.11. The number of aryl methyl sites for hydroxylation is 1. The first kappa shape index (κ1) is 16.2. The average molecular weight is 346 g/mol. The van der Waals surface area contributed by atoms with E-state index in [-0.39, 0.29) is 5.56 Å². The molecule has 0 atom stereocenters. The number of carbonyl (C=O) groups excluding carboxylic acids is 1. The number of nitrogens with one attached hydrogen (secondary N) is 1. The van der Waals surface area contributed by atoms with E-state index in [0.717, 1.165) is 4.70 Å². The molecule has 5 nitrogen and oxygen atoms in total. The van der Waals surface area contributed by atoms with Crippen LogP contribution in [0.4, 0.5) is 9.52 Å². The van der Waals surface area contributed by atoms with E-state index in [1.165, 1.54) is 17.4 Å². The summed E-state index contributed by atoms with van der Waals surface area (Å²) in [5.74, 6) is 0.328. The number of amides is 1. The van der Waals surface area contributed by atoms with Gasteiger partial charge < -0.3 is 9.47 Å².